The number of unbranched alkanes of at least 4 members (excludes halogenated alkanes) is 4. The SMILES string of the molecule is CCCCC(C)[P+](CCCC)(CCCC)CCCC.[Br-]. The molecule has 0 rings (SSSR count). The Hall–Kier alpha value is 0.910. The van der Waals surface area contributed by atoms with Gasteiger partial charge in [-0.05, 0) is 39.0 Å². The van der Waals surface area contributed by atoms with Crippen molar-refractivity contribution in [2.75, 3.05) is 18.5 Å². The molecule has 0 heterocycles. The van der Waals surface area contributed by atoms with E-state index in [2.05, 4.69) is 34.6 Å². The summed E-state index contributed by atoms with van der Waals surface area (Å²) in [4.78, 5) is 0. The summed E-state index contributed by atoms with van der Waals surface area (Å²) in [6.07, 6.45) is 17.7. The highest BCUT2D eigenvalue weighted by Gasteiger charge is 2.40. The minimum Gasteiger partial charge on any atom is -1.00 e. The van der Waals surface area contributed by atoms with Crippen LogP contribution in [0, 0.1) is 0 Å². The highest BCUT2D eigenvalue weighted by molar-refractivity contribution is 7.76. The lowest BCUT2D eigenvalue weighted by Gasteiger charge is -2.33. The molecule has 0 N–H and O–H groups in total. The van der Waals surface area contributed by atoms with Gasteiger partial charge < -0.3 is 17.0 Å². The summed E-state index contributed by atoms with van der Waals surface area (Å²) < 4.78 is 0. The summed E-state index contributed by atoms with van der Waals surface area (Å²) in [6.45, 7) is 12.0. The lowest BCUT2D eigenvalue weighted by molar-refractivity contribution is -0.00000448. The van der Waals surface area contributed by atoms with Gasteiger partial charge in [-0.25, -0.2) is 0 Å². The van der Waals surface area contributed by atoms with E-state index in [1.165, 1.54) is 57.8 Å². The minimum atomic E-state index is -0.666. The van der Waals surface area contributed by atoms with Crippen LogP contribution >= 0.6 is 7.26 Å². The van der Waals surface area contributed by atoms with Gasteiger partial charge in [0.05, 0.1) is 24.1 Å². The van der Waals surface area contributed by atoms with Crippen molar-refractivity contribution < 1.29 is 17.0 Å². The summed E-state index contributed by atoms with van der Waals surface area (Å²) >= 11 is 0. The van der Waals surface area contributed by atoms with Crippen LogP contribution in [0.1, 0.15) is 92.4 Å². The van der Waals surface area contributed by atoms with Crippen LogP contribution in [0.25, 0.3) is 0 Å². The van der Waals surface area contributed by atoms with Crippen molar-refractivity contribution >= 4 is 7.26 Å². The highest BCUT2D eigenvalue weighted by atomic mass is 79.9. The smallest absolute Gasteiger partial charge is 0.0669 e. The fourth-order valence-corrected chi connectivity index (χ4v) is 8.75. The Morgan fingerprint density at radius 3 is 1.30 bits per heavy atom. The third-order valence-corrected chi connectivity index (χ3v) is 10.5. The molecular formula is C18H40BrP. The van der Waals surface area contributed by atoms with Crippen LogP contribution in [-0.4, -0.2) is 24.1 Å². The van der Waals surface area contributed by atoms with Gasteiger partial charge in [0.2, 0.25) is 0 Å². The maximum atomic E-state index is 2.60. The van der Waals surface area contributed by atoms with E-state index in [0.717, 1.165) is 5.66 Å². The second-order valence-corrected chi connectivity index (χ2v) is 11.1. The third kappa shape index (κ3) is 9.04. The molecule has 0 aromatic carbocycles. The fraction of sp³-hybridized carbons (Fsp3) is 1.00. The van der Waals surface area contributed by atoms with Crippen molar-refractivity contribution in [2.45, 2.75) is 98.1 Å². The Morgan fingerprint density at radius 2 is 1.00 bits per heavy atom. The topological polar surface area (TPSA) is 0 Å². The molecule has 0 spiro atoms. The van der Waals surface area contributed by atoms with Gasteiger partial charge in [-0.15, -0.1) is 0 Å². The molecule has 0 aromatic heterocycles. The van der Waals surface area contributed by atoms with E-state index in [4.69, 9.17) is 0 Å². The number of halogens is 1. The Balaban J connectivity index is 0. The molecule has 20 heavy (non-hydrogen) atoms. The summed E-state index contributed by atoms with van der Waals surface area (Å²) in [7, 11) is -0.666. The molecule has 0 radical (unpaired) electrons. The molecule has 0 fully saturated rings. The highest BCUT2D eigenvalue weighted by Crippen LogP contribution is 2.65. The normalized spacial score (nSPS) is 13.1. The maximum Gasteiger partial charge on any atom is 0.0669 e. The molecule has 2 heteroatoms. The molecule has 0 bridgehead atoms. The van der Waals surface area contributed by atoms with Crippen molar-refractivity contribution in [3.05, 3.63) is 0 Å². The molecule has 0 aromatic rings. The van der Waals surface area contributed by atoms with Crippen LogP contribution in [0.5, 0.6) is 0 Å². The predicted octanol–water partition coefficient (Wildman–Crippen LogP) is 3.99. The van der Waals surface area contributed by atoms with E-state index in [1.807, 2.05) is 0 Å². The van der Waals surface area contributed by atoms with Gasteiger partial charge in [0.15, 0.2) is 0 Å². The van der Waals surface area contributed by atoms with Gasteiger partial charge in [0.25, 0.3) is 0 Å². The van der Waals surface area contributed by atoms with Crippen LogP contribution in [0.4, 0.5) is 0 Å². The standard InChI is InChI=1S/C18H40P.BrH/c1-6-10-14-18(5)19(15-11-7-2,16-12-8-3)17-13-9-4;/h18H,6-17H2,1-5H3;1H/q+1;/p-1. The monoisotopic (exact) mass is 366 g/mol. The molecule has 0 aliphatic heterocycles. The maximum absolute atomic E-state index is 2.60. The zero-order chi connectivity index (χ0) is 14.6. The average Bonchev–Trinajstić information content (AvgIpc) is 2.44. The van der Waals surface area contributed by atoms with Crippen molar-refractivity contribution in [1.29, 1.82) is 0 Å². The van der Waals surface area contributed by atoms with E-state index in [0.29, 0.717) is 0 Å². The molecule has 1 unspecified atom stereocenters. The molecule has 124 valence electrons. The molecule has 0 amide bonds. The van der Waals surface area contributed by atoms with Crippen LogP contribution in [0.3, 0.4) is 0 Å². The zero-order valence-corrected chi connectivity index (χ0v) is 17.4. The van der Waals surface area contributed by atoms with Crippen molar-refractivity contribution in [1.82, 2.24) is 0 Å². The van der Waals surface area contributed by atoms with Crippen molar-refractivity contribution in [3.63, 3.8) is 0 Å². The zero-order valence-electron chi connectivity index (χ0n) is 14.9. The first-order valence-electron chi connectivity index (χ1n) is 9.02. The predicted molar refractivity (Wildman–Crippen MR) is 95.2 cm³/mol. The van der Waals surface area contributed by atoms with Crippen LogP contribution < -0.4 is 17.0 Å². The lowest BCUT2D eigenvalue weighted by atomic mass is 10.2. The summed E-state index contributed by atoms with van der Waals surface area (Å²) in [5.74, 6) is 0. The summed E-state index contributed by atoms with van der Waals surface area (Å²) in [5, 5.41) is 0. The van der Waals surface area contributed by atoms with E-state index in [1.54, 1.807) is 18.5 Å². The minimum absolute atomic E-state index is 0. The van der Waals surface area contributed by atoms with Gasteiger partial charge in [0.1, 0.15) is 0 Å². The quantitative estimate of drug-likeness (QED) is 0.432. The molecular weight excluding hydrogens is 327 g/mol. The summed E-state index contributed by atoms with van der Waals surface area (Å²) in [5.41, 5.74) is 1.04. The van der Waals surface area contributed by atoms with Gasteiger partial charge in [-0.2, -0.15) is 0 Å². The van der Waals surface area contributed by atoms with Crippen LogP contribution in [-0.2, 0) is 0 Å². The molecule has 0 aliphatic rings. The lowest BCUT2D eigenvalue weighted by Crippen LogP contribution is -3.00. The van der Waals surface area contributed by atoms with Gasteiger partial charge >= 0.3 is 0 Å². The Morgan fingerprint density at radius 1 is 0.650 bits per heavy atom. The Bertz CT molecular complexity index is 172. The van der Waals surface area contributed by atoms with E-state index in [9.17, 15) is 0 Å². The van der Waals surface area contributed by atoms with Gasteiger partial charge in [0, 0.05) is 7.26 Å². The number of hydrogen-bond acceptors (Lipinski definition) is 0. The van der Waals surface area contributed by atoms with Crippen LogP contribution in [0.2, 0.25) is 0 Å². The first-order valence-corrected chi connectivity index (χ1v) is 11.4. The third-order valence-electron chi connectivity index (χ3n) is 4.78. The van der Waals surface area contributed by atoms with E-state index >= 15 is 0 Å². The van der Waals surface area contributed by atoms with Gasteiger partial charge in [-0.3, -0.25) is 0 Å². The number of hydrogen-bond donors (Lipinski definition) is 0. The summed E-state index contributed by atoms with van der Waals surface area (Å²) in [6, 6.07) is 0. The molecule has 0 saturated heterocycles. The first-order chi connectivity index (χ1) is 9.16. The molecule has 1 atom stereocenters. The van der Waals surface area contributed by atoms with E-state index in [-0.39, 0.29) is 17.0 Å². The fourth-order valence-electron chi connectivity index (χ4n) is 3.19. The molecule has 0 saturated carbocycles. The largest absolute Gasteiger partial charge is 1.00 e. The second kappa shape index (κ2) is 14.8. The van der Waals surface area contributed by atoms with Gasteiger partial charge in [-0.1, -0.05) is 53.4 Å². The molecule has 0 aliphatic carbocycles. The first kappa shape index (κ1) is 23.2. The van der Waals surface area contributed by atoms with Crippen LogP contribution in [0.15, 0.2) is 0 Å². The second-order valence-electron chi connectivity index (χ2n) is 6.44. The number of rotatable bonds is 13. The molecule has 0 nitrogen and oxygen atoms in total. The Labute approximate surface area is 141 Å². The average molecular weight is 367 g/mol. The van der Waals surface area contributed by atoms with E-state index < -0.39 is 7.26 Å². The van der Waals surface area contributed by atoms with Crippen molar-refractivity contribution in [2.24, 2.45) is 0 Å². The van der Waals surface area contributed by atoms with Crippen molar-refractivity contribution in [3.8, 4) is 0 Å². The Kier molecular flexibility index (Phi) is 17.2.